The molecule has 0 heterocycles. The van der Waals surface area contributed by atoms with Crippen LogP contribution in [0.1, 0.15) is 63.5 Å². The molecule has 1 radical (unpaired) electrons. The molecule has 6 heteroatoms. The topological polar surface area (TPSA) is 89.7 Å². The van der Waals surface area contributed by atoms with Gasteiger partial charge in [-0.1, -0.05) is 42.5 Å². The molecule has 4 aliphatic rings. The smallest absolute Gasteiger partial charge is 0.247 e. The molecule has 201 valence electrons. The molecule has 2 aromatic carbocycles. The molecule has 2 amide bonds. The molecule has 6 nitrogen and oxygen atoms in total. The Bertz CT molecular complexity index is 1130. The monoisotopic (exact) mass is 515 g/mol. The van der Waals surface area contributed by atoms with E-state index in [0.29, 0.717) is 24.4 Å². The third kappa shape index (κ3) is 4.79. The van der Waals surface area contributed by atoms with Crippen molar-refractivity contribution < 1.29 is 19.1 Å². The predicted octanol–water partition coefficient (Wildman–Crippen LogP) is 4.64. The van der Waals surface area contributed by atoms with Crippen LogP contribution in [0.4, 0.5) is 0 Å². The minimum atomic E-state index is -1.39. The van der Waals surface area contributed by atoms with Crippen LogP contribution in [-0.2, 0) is 27.2 Å². The van der Waals surface area contributed by atoms with E-state index in [1.165, 1.54) is 31.1 Å². The van der Waals surface area contributed by atoms with Crippen molar-refractivity contribution in [1.82, 2.24) is 4.90 Å². The summed E-state index contributed by atoms with van der Waals surface area (Å²) in [6.45, 7) is 3.88. The van der Waals surface area contributed by atoms with Gasteiger partial charge in [0.2, 0.25) is 18.1 Å². The van der Waals surface area contributed by atoms with Crippen molar-refractivity contribution in [3.05, 3.63) is 65.7 Å². The number of benzene rings is 2. The Kier molecular flexibility index (Phi) is 7.45. The average Bonchev–Trinajstić information content (AvgIpc) is 2.89. The van der Waals surface area contributed by atoms with Crippen LogP contribution in [0.5, 0.6) is 5.75 Å². The lowest BCUT2D eigenvalue weighted by Crippen LogP contribution is -2.71. The SMILES string of the molecule is CCOc1ccc(C[C@H](N)C(=O)N(C(C)=O)[C@]([C]=O)(Cc2ccccc2)C23CC4CC(CC(C4)C2)C3)cc1. The molecule has 0 aliphatic heterocycles. The van der Waals surface area contributed by atoms with Gasteiger partial charge in [0, 0.05) is 18.8 Å². The van der Waals surface area contributed by atoms with E-state index >= 15 is 0 Å². The molecule has 4 aliphatic carbocycles. The Morgan fingerprint density at radius 1 is 1.00 bits per heavy atom. The fraction of sp³-hybridized carbons (Fsp3) is 0.531. The average molecular weight is 516 g/mol. The van der Waals surface area contributed by atoms with Gasteiger partial charge in [-0.3, -0.25) is 19.3 Å². The maximum absolute atomic E-state index is 14.1. The first-order valence-corrected chi connectivity index (χ1v) is 14.0. The maximum atomic E-state index is 14.1. The maximum Gasteiger partial charge on any atom is 0.247 e. The van der Waals surface area contributed by atoms with E-state index in [9.17, 15) is 14.4 Å². The zero-order chi connectivity index (χ0) is 26.9. The molecule has 0 spiro atoms. The summed E-state index contributed by atoms with van der Waals surface area (Å²) in [5.41, 5.74) is 6.45. The van der Waals surface area contributed by atoms with Crippen molar-refractivity contribution in [1.29, 1.82) is 0 Å². The Labute approximate surface area is 225 Å². The van der Waals surface area contributed by atoms with Gasteiger partial charge in [-0.25, -0.2) is 0 Å². The third-order valence-electron chi connectivity index (χ3n) is 9.31. The molecule has 2 aromatic rings. The largest absolute Gasteiger partial charge is 0.494 e. The molecule has 4 bridgehead atoms. The zero-order valence-electron chi connectivity index (χ0n) is 22.5. The number of imide groups is 1. The Balaban J connectivity index is 1.52. The van der Waals surface area contributed by atoms with Gasteiger partial charge in [-0.15, -0.1) is 0 Å². The fourth-order valence-corrected chi connectivity index (χ4v) is 8.21. The van der Waals surface area contributed by atoms with Crippen molar-refractivity contribution in [3.63, 3.8) is 0 Å². The van der Waals surface area contributed by atoms with Crippen molar-refractivity contribution in [2.45, 2.75) is 76.8 Å². The first kappa shape index (κ1) is 26.6. The summed E-state index contributed by atoms with van der Waals surface area (Å²) in [5.74, 6) is 1.41. The van der Waals surface area contributed by atoms with E-state index < -0.39 is 28.8 Å². The van der Waals surface area contributed by atoms with Crippen LogP contribution in [-0.4, -0.2) is 41.2 Å². The zero-order valence-corrected chi connectivity index (χ0v) is 22.5. The Morgan fingerprint density at radius 2 is 1.58 bits per heavy atom. The number of ether oxygens (including phenoxy) is 1. The summed E-state index contributed by atoms with van der Waals surface area (Å²) in [6, 6.07) is 16.3. The lowest BCUT2D eigenvalue weighted by Gasteiger charge is -2.63. The molecule has 6 rings (SSSR count). The summed E-state index contributed by atoms with van der Waals surface area (Å²) >= 11 is 0. The number of hydrogen-bond acceptors (Lipinski definition) is 5. The summed E-state index contributed by atoms with van der Waals surface area (Å²) in [4.78, 5) is 42.1. The standard InChI is InChI=1S/C32H39N2O4/c1-3-38-28-11-9-23(10-12-28)16-29(33)30(37)34(22(2)36)32(21-35,20-24-7-5-4-6-8-24)31-17-25-13-26(18-31)15-27(14-25)19-31/h4-12,25-27,29H,3,13-20,33H2,1-2H3/t25?,26?,27?,29-,31?,32-/m0/s1. The summed E-state index contributed by atoms with van der Waals surface area (Å²) < 4.78 is 5.52. The van der Waals surface area contributed by atoms with Gasteiger partial charge in [-0.05, 0) is 92.9 Å². The number of amides is 2. The number of carbonyl (C=O) groups excluding carboxylic acids is 3. The van der Waals surface area contributed by atoms with Crippen LogP contribution in [0.25, 0.3) is 0 Å². The normalized spacial score (nSPS) is 27.8. The number of carbonyl (C=O) groups is 2. The second-order valence-corrected chi connectivity index (χ2v) is 11.9. The van der Waals surface area contributed by atoms with E-state index in [4.69, 9.17) is 10.5 Å². The molecule has 4 fully saturated rings. The van der Waals surface area contributed by atoms with Gasteiger partial charge in [-0.2, -0.15) is 0 Å². The number of rotatable bonds is 10. The molecule has 0 unspecified atom stereocenters. The van der Waals surface area contributed by atoms with E-state index in [2.05, 4.69) is 6.29 Å². The first-order valence-electron chi connectivity index (χ1n) is 14.0. The van der Waals surface area contributed by atoms with E-state index in [-0.39, 0.29) is 12.8 Å². The highest BCUT2D eigenvalue weighted by Gasteiger charge is 2.65. The Hall–Kier alpha value is -2.99. The van der Waals surface area contributed by atoms with Gasteiger partial charge in [0.25, 0.3) is 0 Å². The van der Waals surface area contributed by atoms with Crippen molar-refractivity contribution in [2.75, 3.05) is 6.61 Å². The summed E-state index contributed by atoms with van der Waals surface area (Å²) in [7, 11) is 0. The first-order chi connectivity index (χ1) is 18.3. The molecular formula is C32H39N2O4. The quantitative estimate of drug-likeness (QED) is 0.498. The van der Waals surface area contributed by atoms with Gasteiger partial charge in [0.1, 0.15) is 11.3 Å². The van der Waals surface area contributed by atoms with Gasteiger partial charge in [0.05, 0.1) is 12.6 Å². The van der Waals surface area contributed by atoms with Crippen LogP contribution in [0.15, 0.2) is 54.6 Å². The van der Waals surface area contributed by atoms with Crippen LogP contribution >= 0.6 is 0 Å². The Morgan fingerprint density at radius 3 is 2.08 bits per heavy atom. The molecule has 0 aromatic heterocycles. The van der Waals surface area contributed by atoms with E-state index in [1.54, 1.807) is 0 Å². The van der Waals surface area contributed by atoms with Crippen molar-refractivity contribution >= 4 is 18.1 Å². The van der Waals surface area contributed by atoms with Gasteiger partial charge >= 0.3 is 0 Å². The van der Waals surface area contributed by atoms with Gasteiger partial charge in [0.15, 0.2) is 0 Å². The van der Waals surface area contributed by atoms with Crippen LogP contribution in [0, 0.1) is 23.2 Å². The van der Waals surface area contributed by atoms with Crippen molar-refractivity contribution in [3.8, 4) is 5.75 Å². The molecular weight excluding hydrogens is 476 g/mol. The second kappa shape index (κ2) is 10.6. The molecule has 2 atom stereocenters. The molecule has 0 saturated heterocycles. The summed E-state index contributed by atoms with van der Waals surface area (Å²) in [5, 5.41) is 0. The predicted molar refractivity (Wildman–Crippen MR) is 146 cm³/mol. The van der Waals surface area contributed by atoms with Crippen molar-refractivity contribution in [2.24, 2.45) is 28.9 Å². The third-order valence-corrected chi connectivity index (χ3v) is 9.31. The highest BCUT2D eigenvalue weighted by Crippen LogP contribution is 2.65. The number of hydrogen-bond donors (Lipinski definition) is 1. The molecule has 2 N–H and O–H groups in total. The lowest BCUT2D eigenvalue weighted by molar-refractivity contribution is -0.167. The number of nitrogens with two attached hydrogens (primary N) is 1. The lowest BCUT2D eigenvalue weighted by atomic mass is 9.44. The summed E-state index contributed by atoms with van der Waals surface area (Å²) in [6.07, 6.45) is 9.03. The van der Waals surface area contributed by atoms with Crippen LogP contribution < -0.4 is 10.5 Å². The van der Waals surface area contributed by atoms with E-state index in [0.717, 1.165) is 36.1 Å². The minimum Gasteiger partial charge on any atom is -0.494 e. The fourth-order valence-electron chi connectivity index (χ4n) is 8.21. The second-order valence-electron chi connectivity index (χ2n) is 11.9. The number of nitrogens with zero attached hydrogens (tertiary/aromatic N) is 1. The molecule has 38 heavy (non-hydrogen) atoms. The van der Waals surface area contributed by atoms with Gasteiger partial charge < -0.3 is 10.5 Å². The highest BCUT2D eigenvalue weighted by atomic mass is 16.5. The van der Waals surface area contributed by atoms with E-state index in [1.807, 2.05) is 61.5 Å². The van der Waals surface area contributed by atoms with Crippen LogP contribution in [0.3, 0.4) is 0 Å². The van der Waals surface area contributed by atoms with Crippen LogP contribution in [0.2, 0.25) is 0 Å². The molecule has 4 saturated carbocycles. The minimum absolute atomic E-state index is 0.260. The highest BCUT2D eigenvalue weighted by molar-refractivity contribution is 6.01.